The Labute approximate surface area is 109 Å². The number of piperidine rings is 1. The first-order valence-corrected chi connectivity index (χ1v) is 6.80. The van der Waals surface area contributed by atoms with Gasteiger partial charge in [0.15, 0.2) is 0 Å². The molecule has 0 aromatic rings. The highest BCUT2D eigenvalue weighted by Crippen LogP contribution is 2.18. The first kappa shape index (κ1) is 15.0. The van der Waals surface area contributed by atoms with Gasteiger partial charge in [-0.15, -0.1) is 0 Å². The number of carboxylic acid groups (broad SMARTS) is 1. The quantitative estimate of drug-likeness (QED) is 0.698. The van der Waals surface area contributed by atoms with E-state index in [9.17, 15) is 9.59 Å². The number of hydrogen-bond acceptors (Lipinski definition) is 3. The number of hydrogen-bond donors (Lipinski definition) is 2. The van der Waals surface area contributed by atoms with Crippen molar-refractivity contribution in [2.45, 2.75) is 45.6 Å². The van der Waals surface area contributed by atoms with Crippen molar-refractivity contribution >= 4 is 11.9 Å². The van der Waals surface area contributed by atoms with Crippen molar-refractivity contribution in [2.24, 2.45) is 5.92 Å². The second-order valence-corrected chi connectivity index (χ2v) is 4.99. The number of carbonyl (C=O) groups is 2. The fraction of sp³-hybridized carbons (Fsp3) is 0.846. The summed E-state index contributed by atoms with van der Waals surface area (Å²) in [5, 5.41) is 11.9. The molecule has 0 aliphatic carbocycles. The van der Waals surface area contributed by atoms with Gasteiger partial charge in [-0.05, 0) is 32.7 Å². The Bertz CT molecular complexity index is 294. The molecule has 0 aromatic heterocycles. The normalized spacial score (nSPS) is 22.4. The average molecular weight is 256 g/mol. The molecule has 1 aliphatic heterocycles. The monoisotopic (exact) mass is 256 g/mol. The van der Waals surface area contributed by atoms with Crippen LogP contribution in [0.2, 0.25) is 0 Å². The summed E-state index contributed by atoms with van der Waals surface area (Å²) < 4.78 is 0. The molecule has 0 saturated carbocycles. The zero-order valence-electron chi connectivity index (χ0n) is 11.3. The third-order valence-corrected chi connectivity index (χ3v) is 3.56. The number of carbonyl (C=O) groups excluding carboxylic acids is 1. The number of nitrogens with one attached hydrogen (secondary N) is 1. The van der Waals surface area contributed by atoms with Crippen LogP contribution in [0.1, 0.15) is 39.5 Å². The van der Waals surface area contributed by atoms with E-state index in [4.69, 9.17) is 5.11 Å². The maximum Gasteiger partial charge on any atom is 0.307 e. The van der Waals surface area contributed by atoms with Crippen LogP contribution in [0, 0.1) is 5.92 Å². The lowest BCUT2D eigenvalue weighted by Crippen LogP contribution is -2.50. The summed E-state index contributed by atoms with van der Waals surface area (Å²) in [6.45, 7) is 5.93. The molecule has 0 unspecified atom stereocenters. The zero-order chi connectivity index (χ0) is 13.5. The molecular weight excluding hydrogens is 232 g/mol. The number of likely N-dealkylation sites (tertiary alicyclic amines) is 1. The summed E-state index contributed by atoms with van der Waals surface area (Å²) in [6, 6.07) is -0.232. The Balaban J connectivity index is 2.42. The van der Waals surface area contributed by atoms with Crippen LogP contribution >= 0.6 is 0 Å². The average Bonchev–Trinajstić information content (AvgIpc) is 2.38. The van der Waals surface area contributed by atoms with Gasteiger partial charge in [-0.25, -0.2) is 0 Å². The van der Waals surface area contributed by atoms with E-state index >= 15 is 0 Å². The molecule has 0 radical (unpaired) electrons. The van der Waals surface area contributed by atoms with Crippen molar-refractivity contribution in [1.29, 1.82) is 0 Å². The molecule has 1 fully saturated rings. The maximum absolute atomic E-state index is 11.9. The van der Waals surface area contributed by atoms with Crippen molar-refractivity contribution in [1.82, 2.24) is 10.2 Å². The lowest BCUT2D eigenvalue weighted by atomic mass is 9.97. The summed E-state index contributed by atoms with van der Waals surface area (Å²) in [7, 11) is 0. The molecule has 1 amide bonds. The Hall–Kier alpha value is -1.10. The zero-order valence-corrected chi connectivity index (χ0v) is 11.3. The van der Waals surface area contributed by atoms with Crippen LogP contribution in [-0.2, 0) is 9.59 Å². The minimum atomic E-state index is -0.752. The molecular formula is C13H24N2O3. The number of amides is 1. The van der Waals surface area contributed by atoms with Crippen molar-refractivity contribution in [3.05, 3.63) is 0 Å². The van der Waals surface area contributed by atoms with Gasteiger partial charge < -0.3 is 10.4 Å². The first-order chi connectivity index (χ1) is 8.56. The largest absolute Gasteiger partial charge is 0.481 e. The molecule has 0 aromatic carbocycles. The van der Waals surface area contributed by atoms with Gasteiger partial charge in [0.25, 0.3) is 0 Å². The molecule has 1 rings (SSSR count). The molecule has 104 valence electrons. The van der Waals surface area contributed by atoms with Gasteiger partial charge in [0.1, 0.15) is 0 Å². The minimum Gasteiger partial charge on any atom is -0.481 e. The predicted octanol–water partition coefficient (Wildman–Crippen LogP) is 1.09. The van der Waals surface area contributed by atoms with Gasteiger partial charge in [0, 0.05) is 13.1 Å². The van der Waals surface area contributed by atoms with Crippen molar-refractivity contribution in [2.75, 3.05) is 19.6 Å². The van der Waals surface area contributed by atoms with Crippen LogP contribution < -0.4 is 5.32 Å². The summed E-state index contributed by atoms with van der Waals surface area (Å²) in [6.07, 6.45) is 3.61. The van der Waals surface area contributed by atoms with Gasteiger partial charge >= 0.3 is 5.97 Å². The first-order valence-electron chi connectivity index (χ1n) is 6.80. The van der Waals surface area contributed by atoms with Crippen LogP contribution in [0.4, 0.5) is 0 Å². The number of unbranched alkanes of at least 4 members (excludes halogenated alkanes) is 1. The van der Waals surface area contributed by atoms with E-state index in [2.05, 4.69) is 12.2 Å². The molecule has 0 spiro atoms. The van der Waals surface area contributed by atoms with Crippen molar-refractivity contribution in [3.63, 3.8) is 0 Å². The van der Waals surface area contributed by atoms with Gasteiger partial charge in [-0.2, -0.15) is 0 Å². The second kappa shape index (κ2) is 7.36. The van der Waals surface area contributed by atoms with Crippen LogP contribution in [0.15, 0.2) is 0 Å². The van der Waals surface area contributed by atoms with E-state index in [1.165, 1.54) is 0 Å². The van der Waals surface area contributed by atoms with E-state index in [0.717, 1.165) is 32.2 Å². The van der Waals surface area contributed by atoms with E-state index < -0.39 is 5.97 Å². The highest BCUT2D eigenvalue weighted by molar-refractivity contribution is 5.81. The third kappa shape index (κ3) is 4.29. The van der Waals surface area contributed by atoms with Crippen molar-refractivity contribution in [3.8, 4) is 0 Å². The molecule has 1 aliphatic rings. The van der Waals surface area contributed by atoms with Gasteiger partial charge in [0.2, 0.25) is 5.91 Å². The van der Waals surface area contributed by atoms with E-state index in [1.807, 2.05) is 11.8 Å². The maximum atomic E-state index is 11.9. The lowest BCUT2D eigenvalue weighted by molar-refractivity contribution is -0.145. The highest BCUT2D eigenvalue weighted by Gasteiger charge is 2.30. The lowest BCUT2D eigenvalue weighted by Gasteiger charge is -2.34. The number of rotatable bonds is 6. The van der Waals surface area contributed by atoms with Gasteiger partial charge in [-0.1, -0.05) is 13.3 Å². The molecule has 18 heavy (non-hydrogen) atoms. The Morgan fingerprint density at radius 1 is 1.50 bits per heavy atom. The number of nitrogens with zero attached hydrogens (tertiary/aromatic N) is 1. The smallest absolute Gasteiger partial charge is 0.307 e. The minimum absolute atomic E-state index is 0.00879. The summed E-state index contributed by atoms with van der Waals surface area (Å²) in [4.78, 5) is 24.8. The van der Waals surface area contributed by atoms with E-state index in [0.29, 0.717) is 13.1 Å². The van der Waals surface area contributed by atoms with Crippen molar-refractivity contribution < 1.29 is 14.7 Å². The van der Waals surface area contributed by atoms with Crippen LogP contribution in [0.3, 0.4) is 0 Å². The standard InChI is InChI=1S/C13H24N2O3/c1-3-4-7-14-12(16)10(2)15-8-5-6-11(9-15)13(17)18/h10-11H,3-9H2,1-2H3,(H,14,16)(H,17,18)/t10-,11-/m0/s1. The Morgan fingerprint density at radius 3 is 2.83 bits per heavy atom. The third-order valence-electron chi connectivity index (χ3n) is 3.56. The van der Waals surface area contributed by atoms with Crippen LogP contribution in [0.25, 0.3) is 0 Å². The predicted molar refractivity (Wildman–Crippen MR) is 69.3 cm³/mol. The molecule has 2 atom stereocenters. The van der Waals surface area contributed by atoms with Gasteiger partial charge in [0.05, 0.1) is 12.0 Å². The molecule has 5 heteroatoms. The van der Waals surface area contributed by atoms with Crippen LogP contribution in [0.5, 0.6) is 0 Å². The van der Waals surface area contributed by atoms with Gasteiger partial charge in [-0.3, -0.25) is 14.5 Å². The Kier molecular flexibility index (Phi) is 6.12. The Morgan fingerprint density at radius 2 is 2.22 bits per heavy atom. The summed E-state index contributed by atoms with van der Waals surface area (Å²) >= 11 is 0. The molecule has 0 bridgehead atoms. The van der Waals surface area contributed by atoms with Crippen LogP contribution in [-0.4, -0.2) is 47.6 Å². The van der Waals surface area contributed by atoms with E-state index in [1.54, 1.807) is 0 Å². The number of aliphatic carboxylic acids is 1. The molecule has 5 nitrogen and oxygen atoms in total. The van der Waals surface area contributed by atoms with E-state index in [-0.39, 0.29) is 17.9 Å². The second-order valence-electron chi connectivity index (χ2n) is 4.99. The highest BCUT2D eigenvalue weighted by atomic mass is 16.4. The summed E-state index contributed by atoms with van der Waals surface area (Å²) in [5.41, 5.74) is 0. The fourth-order valence-corrected chi connectivity index (χ4v) is 2.26. The molecule has 1 saturated heterocycles. The summed E-state index contributed by atoms with van der Waals surface area (Å²) in [5.74, 6) is -1.07. The SMILES string of the molecule is CCCCNC(=O)[C@H](C)N1CCC[C@H](C(=O)O)C1. The molecule has 2 N–H and O–H groups in total. The number of carboxylic acids is 1. The fourth-order valence-electron chi connectivity index (χ4n) is 2.26. The molecule has 1 heterocycles. The topological polar surface area (TPSA) is 69.6 Å².